The predicted molar refractivity (Wildman–Crippen MR) is 128 cm³/mol. The molecule has 2 N–H and O–H groups in total. The Morgan fingerprint density at radius 3 is 2.53 bits per heavy atom. The molecule has 0 spiro atoms. The van der Waals surface area contributed by atoms with Crippen LogP contribution in [0.25, 0.3) is 22.2 Å². The maximum absolute atomic E-state index is 13.1. The monoisotopic (exact) mass is 447 g/mol. The second kappa shape index (κ2) is 10.6. The van der Waals surface area contributed by atoms with Crippen LogP contribution in [0.15, 0.2) is 77.8 Å². The van der Waals surface area contributed by atoms with Crippen LogP contribution in [-0.4, -0.2) is 37.7 Å². The van der Waals surface area contributed by atoms with Crippen molar-refractivity contribution < 1.29 is 8.95 Å². The number of pyridine rings is 1. The van der Waals surface area contributed by atoms with Gasteiger partial charge < -0.3 is 4.74 Å². The standard InChI is InChI=1S/C22H19N5O2S.C2H6/c1-29-16-7-8-17-19(13-16)25-12-11-20(17)30(28)14-22(24)27-21(23)10-9-18(26-27)15-5-3-2-4-6-15;1-2/h2-13,23-24H,14H2,1H3;1-2H3. The lowest BCUT2D eigenvalue weighted by atomic mass is 10.1. The van der Waals surface area contributed by atoms with Crippen molar-refractivity contribution in [2.24, 2.45) is 0 Å². The highest BCUT2D eigenvalue weighted by Crippen LogP contribution is 2.24. The summed E-state index contributed by atoms with van der Waals surface area (Å²) < 4.78 is 19.5. The summed E-state index contributed by atoms with van der Waals surface area (Å²) in [6.45, 7) is 4.00. The number of ether oxygens (including phenoxy) is 1. The van der Waals surface area contributed by atoms with Crippen LogP contribution >= 0.6 is 0 Å². The molecule has 8 heteroatoms. The van der Waals surface area contributed by atoms with E-state index in [4.69, 9.17) is 15.6 Å². The fourth-order valence-electron chi connectivity index (χ4n) is 3.08. The molecule has 2 aromatic carbocycles. The second-order valence-corrected chi connectivity index (χ2v) is 7.93. The van der Waals surface area contributed by atoms with Gasteiger partial charge in [0.05, 0.1) is 39.8 Å². The normalized spacial score (nSPS) is 11.3. The van der Waals surface area contributed by atoms with E-state index in [1.54, 1.807) is 43.6 Å². The van der Waals surface area contributed by atoms with Crippen molar-refractivity contribution in [1.29, 1.82) is 10.8 Å². The van der Waals surface area contributed by atoms with Crippen molar-refractivity contribution in [2.45, 2.75) is 18.7 Å². The quantitative estimate of drug-likeness (QED) is 0.352. The zero-order valence-electron chi connectivity index (χ0n) is 18.2. The van der Waals surface area contributed by atoms with Crippen molar-refractivity contribution >= 4 is 27.5 Å². The lowest BCUT2D eigenvalue weighted by Gasteiger charge is -2.11. The lowest BCUT2D eigenvalue weighted by molar-refractivity contribution is 0.415. The van der Waals surface area contributed by atoms with Crippen LogP contribution in [0.3, 0.4) is 0 Å². The number of rotatable bonds is 5. The first-order valence-corrected chi connectivity index (χ1v) is 11.5. The van der Waals surface area contributed by atoms with Crippen LogP contribution in [0.2, 0.25) is 0 Å². The van der Waals surface area contributed by atoms with Gasteiger partial charge in [-0.1, -0.05) is 44.2 Å². The number of aromatic nitrogens is 3. The smallest absolute Gasteiger partial charge is 0.148 e. The number of hydrogen-bond donors (Lipinski definition) is 2. The first-order valence-electron chi connectivity index (χ1n) is 10.2. The molecule has 0 aliphatic rings. The first kappa shape index (κ1) is 23.0. The topological polar surface area (TPSA) is 105 Å². The Morgan fingerprint density at radius 1 is 1.06 bits per heavy atom. The molecule has 4 rings (SSSR count). The van der Waals surface area contributed by atoms with Gasteiger partial charge in [-0.3, -0.25) is 20.0 Å². The van der Waals surface area contributed by atoms with Gasteiger partial charge in [-0.2, -0.15) is 5.10 Å². The largest absolute Gasteiger partial charge is 0.497 e. The van der Waals surface area contributed by atoms with Gasteiger partial charge in [0.2, 0.25) is 0 Å². The number of nitrogens with zero attached hydrogens (tertiary/aromatic N) is 3. The van der Waals surface area contributed by atoms with Gasteiger partial charge in [0.25, 0.3) is 0 Å². The average Bonchev–Trinajstić information content (AvgIpc) is 2.85. The minimum Gasteiger partial charge on any atom is -0.497 e. The molecule has 7 nitrogen and oxygen atoms in total. The van der Waals surface area contributed by atoms with E-state index in [0.29, 0.717) is 21.9 Å². The summed E-state index contributed by atoms with van der Waals surface area (Å²) in [6, 6.07) is 19.9. The van der Waals surface area contributed by atoms with Crippen LogP contribution in [-0.2, 0) is 10.8 Å². The summed E-state index contributed by atoms with van der Waals surface area (Å²) in [6.07, 6.45) is 1.59. The minimum atomic E-state index is -1.51. The number of benzene rings is 2. The van der Waals surface area contributed by atoms with E-state index in [1.807, 2.05) is 50.2 Å². The molecule has 2 aromatic heterocycles. The highest BCUT2D eigenvalue weighted by Gasteiger charge is 2.15. The van der Waals surface area contributed by atoms with Crippen molar-refractivity contribution in [1.82, 2.24) is 14.8 Å². The summed E-state index contributed by atoms with van der Waals surface area (Å²) in [5, 5.41) is 21.7. The highest BCUT2D eigenvalue weighted by atomic mass is 32.2. The molecule has 0 amide bonds. The SMILES string of the molecule is CC.COc1ccc2c(S(=O)CC(=N)n3nc(-c4ccccc4)ccc3=N)ccnc2c1. The molecule has 164 valence electrons. The fourth-order valence-corrected chi connectivity index (χ4v) is 4.24. The third-order valence-electron chi connectivity index (χ3n) is 4.58. The molecule has 4 aromatic rings. The Labute approximate surface area is 189 Å². The Morgan fingerprint density at radius 2 is 1.81 bits per heavy atom. The minimum absolute atomic E-state index is 0.0189. The van der Waals surface area contributed by atoms with Gasteiger partial charge in [-0.15, -0.1) is 0 Å². The Kier molecular flexibility index (Phi) is 7.62. The number of hydrogen-bond acceptors (Lipinski definition) is 6. The van der Waals surface area contributed by atoms with E-state index < -0.39 is 10.8 Å². The fraction of sp³-hybridized carbons (Fsp3) is 0.167. The second-order valence-electron chi connectivity index (χ2n) is 6.51. The summed E-state index contributed by atoms with van der Waals surface area (Å²) in [5.41, 5.74) is 2.25. The van der Waals surface area contributed by atoms with Gasteiger partial charge in [-0.25, -0.2) is 4.68 Å². The van der Waals surface area contributed by atoms with E-state index in [1.165, 1.54) is 4.68 Å². The summed E-state index contributed by atoms with van der Waals surface area (Å²) in [4.78, 5) is 4.90. The molecule has 1 atom stereocenters. The molecule has 0 aliphatic carbocycles. The Bertz CT molecular complexity index is 1320. The van der Waals surface area contributed by atoms with Gasteiger partial charge in [0.15, 0.2) is 0 Å². The van der Waals surface area contributed by atoms with E-state index >= 15 is 0 Å². The van der Waals surface area contributed by atoms with Crippen molar-refractivity contribution in [3.8, 4) is 17.0 Å². The van der Waals surface area contributed by atoms with Crippen molar-refractivity contribution in [2.75, 3.05) is 12.9 Å². The third kappa shape index (κ3) is 4.97. The average molecular weight is 448 g/mol. The molecule has 0 saturated carbocycles. The van der Waals surface area contributed by atoms with Gasteiger partial charge in [0.1, 0.15) is 17.1 Å². The molecule has 0 aliphatic heterocycles. The molecular weight excluding hydrogens is 422 g/mol. The van der Waals surface area contributed by atoms with Crippen LogP contribution in [0.4, 0.5) is 0 Å². The van der Waals surface area contributed by atoms with Gasteiger partial charge in [0, 0.05) is 23.2 Å². The van der Waals surface area contributed by atoms with E-state index in [9.17, 15) is 4.21 Å². The maximum atomic E-state index is 13.1. The van der Waals surface area contributed by atoms with Gasteiger partial charge >= 0.3 is 0 Å². The highest BCUT2D eigenvalue weighted by molar-refractivity contribution is 7.86. The van der Waals surface area contributed by atoms with E-state index in [2.05, 4.69) is 10.1 Å². The summed E-state index contributed by atoms with van der Waals surface area (Å²) >= 11 is 0. The molecule has 32 heavy (non-hydrogen) atoms. The maximum Gasteiger partial charge on any atom is 0.148 e. The number of methoxy groups -OCH3 is 1. The third-order valence-corrected chi connectivity index (χ3v) is 5.97. The Balaban J connectivity index is 0.00000141. The number of nitrogens with one attached hydrogen (secondary N) is 2. The number of fused-ring (bicyclic) bond motifs is 1. The molecule has 0 saturated heterocycles. The predicted octanol–water partition coefficient (Wildman–Crippen LogP) is 4.25. The van der Waals surface area contributed by atoms with E-state index in [-0.39, 0.29) is 17.1 Å². The van der Waals surface area contributed by atoms with Gasteiger partial charge in [-0.05, 0) is 30.3 Å². The van der Waals surface area contributed by atoms with Crippen LogP contribution in [0, 0.1) is 10.8 Å². The Hall–Kier alpha value is -3.65. The van der Waals surface area contributed by atoms with Crippen LogP contribution in [0.5, 0.6) is 5.75 Å². The molecular formula is C24H25N5O2S. The van der Waals surface area contributed by atoms with Crippen LogP contribution in [0.1, 0.15) is 13.8 Å². The zero-order valence-corrected chi connectivity index (χ0v) is 19.0. The van der Waals surface area contributed by atoms with E-state index in [0.717, 1.165) is 10.9 Å². The molecule has 0 radical (unpaired) electrons. The van der Waals surface area contributed by atoms with Crippen molar-refractivity contribution in [3.63, 3.8) is 0 Å². The lowest BCUT2D eigenvalue weighted by Crippen LogP contribution is -2.32. The van der Waals surface area contributed by atoms with Crippen molar-refractivity contribution in [3.05, 3.63) is 78.4 Å². The molecule has 1 unspecified atom stereocenters. The van der Waals surface area contributed by atoms with Crippen LogP contribution < -0.4 is 10.2 Å². The molecule has 0 bridgehead atoms. The zero-order chi connectivity index (χ0) is 23.1. The first-order chi connectivity index (χ1) is 15.6. The summed E-state index contributed by atoms with van der Waals surface area (Å²) in [7, 11) is 0.0741. The molecule has 2 heterocycles. The molecule has 0 fully saturated rings. The summed E-state index contributed by atoms with van der Waals surface area (Å²) in [5.74, 6) is 0.573.